The van der Waals surface area contributed by atoms with Crippen molar-refractivity contribution in [2.24, 2.45) is 5.92 Å². The van der Waals surface area contributed by atoms with Gasteiger partial charge in [-0.15, -0.1) is 11.3 Å². The molecule has 0 aliphatic heterocycles. The quantitative estimate of drug-likeness (QED) is 0.394. The minimum Gasteiger partial charge on any atom is -0.269 e. The Kier molecular flexibility index (Phi) is 4.02. The smallest absolute Gasteiger partial charge is 0.248 e. The van der Waals surface area contributed by atoms with Crippen molar-refractivity contribution in [2.45, 2.75) is 45.1 Å². The van der Waals surface area contributed by atoms with Crippen LogP contribution < -0.4 is 0 Å². The van der Waals surface area contributed by atoms with E-state index in [0.29, 0.717) is 6.04 Å². The molecule has 1 aromatic carbocycles. The van der Waals surface area contributed by atoms with Crippen molar-refractivity contribution in [2.75, 3.05) is 0 Å². The van der Waals surface area contributed by atoms with E-state index in [-0.39, 0.29) is 18.8 Å². The summed E-state index contributed by atoms with van der Waals surface area (Å²) in [6, 6.07) is 12.7. The largest absolute Gasteiger partial charge is 0.269 e. The maximum absolute atomic E-state index is 13.1. The number of fused-ring (bicyclic) bond motifs is 2. The van der Waals surface area contributed by atoms with Gasteiger partial charge in [0, 0.05) is 46.3 Å². The molecule has 0 amide bonds. The van der Waals surface area contributed by atoms with Crippen LogP contribution in [0, 0.1) is 5.92 Å². The monoisotopic (exact) mass is 397 g/mol. The number of rotatable bonds is 4. The number of halogens is 2. The molecule has 1 fully saturated rings. The van der Waals surface area contributed by atoms with Gasteiger partial charge in [-0.05, 0) is 56.5 Å². The van der Waals surface area contributed by atoms with Gasteiger partial charge in [0.25, 0.3) is 0 Å². The first-order valence-corrected chi connectivity index (χ1v) is 10.4. The summed E-state index contributed by atoms with van der Waals surface area (Å²) < 4.78 is 28.1. The molecule has 0 spiro atoms. The molecule has 0 saturated heterocycles. The zero-order chi connectivity index (χ0) is 19.5. The summed E-state index contributed by atoms with van der Waals surface area (Å²) in [4.78, 5) is 6.95. The molecule has 0 N–H and O–H groups in total. The van der Waals surface area contributed by atoms with E-state index in [4.69, 9.17) is 4.98 Å². The van der Waals surface area contributed by atoms with Gasteiger partial charge in [0.05, 0.1) is 11.2 Å². The van der Waals surface area contributed by atoms with Crippen LogP contribution in [-0.2, 0) is 6.42 Å². The molecule has 0 unspecified atom stereocenters. The second-order valence-corrected chi connectivity index (χ2v) is 9.23. The minimum absolute atomic E-state index is 0.0179. The molecule has 3 heterocycles. The first-order valence-electron chi connectivity index (χ1n) is 9.63. The predicted octanol–water partition coefficient (Wildman–Crippen LogP) is 6.48. The zero-order valence-electron chi connectivity index (χ0n) is 15.8. The second-order valence-electron chi connectivity index (χ2n) is 8.11. The van der Waals surface area contributed by atoms with Crippen LogP contribution in [0.1, 0.15) is 37.6 Å². The van der Waals surface area contributed by atoms with Crippen LogP contribution in [0.2, 0.25) is 0 Å². The van der Waals surface area contributed by atoms with Gasteiger partial charge in [-0.2, -0.15) is 5.10 Å². The number of pyridine rings is 1. The van der Waals surface area contributed by atoms with E-state index in [1.807, 2.05) is 16.8 Å². The Bertz CT molecular complexity index is 1170. The molecule has 1 saturated carbocycles. The highest BCUT2D eigenvalue weighted by Gasteiger charge is 2.45. The Labute approximate surface area is 166 Å². The predicted molar refractivity (Wildman–Crippen MR) is 110 cm³/mol. The van der Waals surface area contributed by atoms with E-state index < -0.39 is 5.92 Å². The Morgan fingerprint density at radius 1 is 1.14 bits per heavy atom. The number of hydrogen-bond acceptors (Lipinski definition) is 3. The van der Waals surface area contributed by atoms with E-state index in [1.54, 1.807) is 11.3 Å². The molecule has 28 heavy (non-hydrogen) atoms. The molecular formula is C22H21F2N3S. The standard InChI is InChI=1S/C22H21F2N3S/c1-13(2)27-12-17-8-15(3-6-20(17)26-27)19-5-4-16-9-18(28-21(16)25-19)7-14-10-22(23,24)11-14/h3-6,8-9,12-14H,7,10-11H2,1-2H3. The highest BCUT2D eigenvalue weighted by Crippen LogP contribution is 2.44. The third-order valence-corrected chi connectivity index (χ3v) is 6.51. The first kappa shape index (κ1) is 17.7. The highest BCUT2D eigenvalue weighted by atomic mass is 32.1. The lowest BCUT2D eigenvalue weighted by Crippen LogP contribution is -2.36. The minimum atomic E-state index is -2.45. The fraction of sp³-hybridized carbons (Fsp3) is 0.364. The van der Waals surface area contributed by atoms with Crippen LogP contribution in [0.15, 0.2) is 42.6 Å². The zero-order valence-corrected chi connectivity index (χ0v) is 16.6. The molecule has 6 heteroatoms. The van der Waals surface area contributed by atoms with Crippen molar-refractivity contribution in [1.29, 1.82) is 0 Å². The summed E-state index contributed by atoms with van der Waals surface area (Å²) >= 11 is 1.62. The second kappa shape index (κ2) is 6.34. The average molecular weight is 397 g/mol. The number of alkyl halides is 2. The molecule has 1 aliphatic rings. The van der Waals surface area contributed by atoms with Crippen LogP contribution >= 0.6 is 11.3 Å². The molecule has 1 aliphatic carbocycles. The molecule has 3 aromatic heterocycles. The summed E-state index contributed by atoms with van der Waals surface area (Å²) in [5, 5.41) is 6.79. The number of aromatic nitrogens is 3. The van der Waals surface area contributed by atoms with Crippen molar-refractivity contribution < 1.29 is 8.78 Å². The molecule has 0 atom stereocenters. The molecule has 3 nitrogen and oxygen atoms in total. The topological polar surface area (TPSA) is 30.7 Å². The maximum atomic E-state index is 13.1. The van der Waals surface area contributed by atoms with Gasteiger partial charge in [-0.25, -0.2) is 13.8 Å². The number of hydrogen-bond donors (Lipinski definition) is 0. The number of nitrogens with zero attached hydrogens (tertiary/aromatic N) is 3. The van der Waals surface area contributed by atoms with Gasteiger partial charge < -0.3 is 0 Å². The van der Waals surface area contributed by atoms with Gasteiger partial charge in [0.15, 0.2) is 0 Å². The summed E-state index contributed by atoms with van der Waals surface area (Å²) in [5.74, 6) is -2.35. The van der Waals surface area contributed by atoms with Crippen molar-refractivity contribution in [3.63, 3.8) is 0 Å². The van der Waals surface area contributed by atoms with Gasteiger partial charge in [-0.3, -0.25) is 4.68 Å². The van der Waals surface area contributed by atoms with Gasteiger partial charge in [0.2, 0.25) is 5.92 Å². The van der Waals surface area contributed by atoms with Gasteiger partial charge in [0.1, 0.15) is 4.83 Å². The summed E-state index contributed by atoms with van der Waals surface area (Å²) in [6.07, 6.45) is 2.83. The van der Waals surface area contributed by atoms with E-state index in [1.165, 1.54) is 0 Å². The Hall–Kier alpha value is -2.34. The van der Waals surface area contributed by atoms with E-state index in [2.05, 4.69) is 49.4 Å². The van der Waals surface area contributed by atoms with Gasteiger partial charge in [-0.1, -0.05) is 6.07 Å². The summed E-state index contributed by atoms with van der Waals surface area (Å²) in [6.45, 7) is 4.22. The Morgan fingerprint density at radius 3 is 2.71 bits per heavy atom. The van der Waals surface area contributed by atoms with E-state index in [9.17, 15) is 8.78 Å². The number of thiophene rings is 1. The lowest BCUT2D eigenvalue weighted by Gasteiger charge is -2.34. The highest BCUT2D eigenvalue weighted by molar-refractivity contribution is 7.18. The van der Waals surface area contributed by atoms with Crippen LogP contribution in [0.3, 0.4) is 0 Å². The van der Waals surface area contributed by atoms with Crippen molar-refractivity contribution >= 4 is 32.5 Å². The van der Waals surface area contributed by atoms with Crippen LogP contribution in [0.25, 0.3) is 32.4 Å². The summed E-state index contributed by atoms with van der Waals surface area (Å²) in [7, 11) is 0. The molecule has 144 valence electrons. The normalized spacial score (nSPS) is 16.9. The lowest BCUT2D eigenvalue weighted by atomic mass is 9.79. The maximum Gasteiger partial charge on any atom is 0.248 e. The van der Waals surface area contributed by atoms with Crippen LogP contribution in [0.5, 0.6) is 0 Å². The van der Waals surface area contributed by atoms with Crippen molar-refractivity contribution in [3.8, 4) is 11.3 Å². The fourth-order valence-electron chi connectivity index (χ4n) is 3.91. The van der Waals surface area contributed by atoms with E-state index >= 15 is 0 Å². The Morgan fingerprint density at radius 2 is 1.96 bits per heavy atom. The lowest BCUT2D eigenvalue weighted by molar-refractivity contribution is -0.109. The third-order valence-electron chi connectivity index (χ3n) is 5.45. The molecular weight excluding hydrogens is 376 g/mol. The van der Waals surface area contributed by atoms with Gasteiger partial charge >= 0.3 is 0 Å². The first-order chi connectivity index (χ1) is 13.4. The molecule has 0 radical (unpaired) electrons. The fourth-order valence-corrected chi connectivity index (χ4v) is 5.06. The molecule has 4 aromatic rings. The molecule has 5 rings (SSSR count). The van der Waals surface area contributed by atoms with Crippen molar-refractivity contribution in [1.82, 2.24) is 14.8 Å². The van der Waals surface area contributed by atoms with Crippen LogP contribution in [-0.4, -0.2) is 20.7 Å². The third kappa shape index (κ3) is 3.20. The Balaban J connectivity index is 1.43. The van der Waals surface area contributed by atoms with E-state index in [0.717, 1.165) is 43.7 Å². The SMILES string of the molecule is CC(C)n1cc2cc(-c3ccc4cc(CC5CC(F)(F)C5)sc4n3)ccc2n1. The summed E-state index contributed by atoms with van der Waals surface area (Å²) in [5.41, 5.74) is 2.97. The molecule has 0 bridgehead atoms. The number of benzene rings is 1. The van der Waals surface area contributed by atoms with Crippen LogP contribution in [0.4, 0.5) is 8.78 Å². The average Bonchev–Trinajstić information content (AvgIpc) is 3.22. The van der Waals surface area contributed by atoms with Crippen molar-refractivity contribution in [3.05, 3.63) is 47.5 Å².